The first-order chi connectivity index (χ1) is 7.77. The second-order valence-corrected chi connectivity index (χ2v) is 4.55. The van der Waals surface area contributed by atoms with Gasteiger partial charge in [0, 0.05) is 26.2 Å². The zero-order chi connectivity index (χ0) is 11.8. The van der Waals surface area contributed by atoms with Gasteiger partial charge in [0.2, 0.25) is 5.91 Å². The van der Waals surface area contributed by atoms with Crippen molar-refractivity contribution in [2.75, 3.05) is 20.3 Å². The summed E-state index contributed by atoms with van der Waals surface area (Å²) in [4.78, 5) is 11.6. The minimum Gasteiger partial charge on any atom is -0.385 e. The molecule has 0 aliphatic heterocycles. The number of nitrogens with two attached hydrogens (primary N) is 1. The Morgan fingerprint density at radius 3 is 2.88 bits per heavy atom. The van der Waals surface area contributed by atoms with Crippen molar-refractivity contribution in [2.45, 2.75) is 44.6 Å². The first-order valence-corrected chi connectivity index (χ1v) is 6.26. The number of amides is 1. The minimum absolute atomic E-state index is 0.141. The molecule has 0 radical (unpaired) electrons. The molecule has 94 valence electrons. The van der Waals surface area contributed by atoms with Gasteiger partial charge in [0.15, 0.2) is 0 Å². The SMILES string of the molecule is COCCCC(=O)NC1CCCCC1CN. The van der Waals surface area contributed by atoms with E-state index in [1.165, 1.54) is 12.8 Å². The molecule has 3 N–H and O–H groups in total. The van der Waals surface area contributed by atoms with E-state index in [1.54, 1.807) is 7.11 Å². The molecule has 0 saturated heterocycles. The van der Waals surface area contributed by atoms with Crippen molar-refractivity contribution in [2.24, 2.45) is 11.7 Å². The molecule has 1 saturated carbocycles. The number of carbonyl (C=O) groups excluding carboxylic acids is 1. The summed E-state index contributed by atoms with van der Waals surface area (Å²) in [5.74, 6) is 0.613. The van der Waals surface area contributed by atoms with Crippen LogP contribution in [-0.4, -0.2) is 32.2 Å². The predicted octanol–water partition coefficient (Wildman–Crippen LogP) is 1.05. The molecule has 4 heteroatoms. The molecular weight excluding hydrogens is 204 g/mol. The summed E-state index contributed by atoms with van der Waals surface area (Å²) in [6, 6.07) is 0.300. The molecular formula is C12H24N2O2. The van der Waals surface area contributed by atoms with Gasteiger partial charge in [-0.1, -0.05) is 12.8 Å². The molecule has 0 heterocycles. The summed E-state index contributed by atoms with van der Waals surface area (Å²) in [5.41, 5.74) is 5.72. The van der Waals surface area contributed by atoms with Gasteiger partial charge in [0.1, 0.15) is 0 Å². The van der Waals surface area contributed by atoms with E-state index in [-0.39, 0.29) is 5.91 Å². The lowest BCUT2D eigenvalue weighted by molar-refractivity contribution is -0.122. The maximum Gasteiger partial charge on any atom is 0.220 e. The molecule has 1 fully saturated rings. The fourth-order valence-electron chi connectivity index (χ4n) is 2.34. The molecule has 2 unspecified atom stereocenters. The molecule has 16 heavy (non-hydrogen) atoms. The highest BCUT2D eigenvalue weighted by molar-refractivity contribution is 5.76. The smallest absolute Gasteiger partial charge is 0.220 e. The zero-order valence-corrected chi connectivity index (χ0v) is 10.2. The van der Waals surface area contributed by atoms with Gasteiger partial charge in [0.25, 0.3) is 0 Å². The van der Waals surface area contributed by atoms with Gasteiger partial charge in [-0.05, 0) is 31.7 Å². The van der Waals surface area contributed by atoms with Gasteiger partial charge >= 0.3 is 0 Å². The minimum atomic E-state index is 0.141. The van der Waals surface area contributed by atoms with E-state index < -0.39 is 0 Å². The Morgan fingerprint density at radius 1 is 1.44 bits per heavy atom. The van der Waals surface area contributed by atoms with E-state index >= 15 is 0 Å². The van der Waals surface area contributed by atoms with Crippen LogP contribution in [0.15, 0.2) is 0 Å². The lowest BCUT2D eigenvalue weighted by atomic mass is 9.84. The number of nitrogens with one attached hydrogen (secondary N) is 1. The third kappa shape index (κ3) is 4.49. The standard InChI is InChI=1S/C12H24N2O2/c1-16-8-4-7-12(15)14-11-6-3-2-5-10(11)9-13/h10-11H,2-9,13H2,1H3,(H,14,15). The highest BCUT2D eigenvalue weighted by atomic mass is 16.5. The van der Waals surface area contributed by atoms with Crippen LogP contribution in [0.4, 0.5) is 0 Å². The molecule has 0 bridgehead atoms. The van der Waals surface area contributed by atoms with Crippen LogP contribution in [0.25, 0.3) is 0 Å². The van der Waals surface area contributed by atoms with Crippen molar-refractivity contribution in [1.29, 1.82) is 0 Å². The molecule has 0 aromatic carbocycles. The molecule has 1 aliphatic rings. The van der Waals surface area contributed by atoms with Crippen LogP contribution < -0.4 is 11.1 Å². The number of carbonyl (C=O) groups is 1. The number of hydrogen-bond acceptors (Lipinski definition) is 3. The normalized spacial score (nSPS) is 25.4. The number of rotatable bonds is 6. The summed E-state index contributed by atoms with van der Waals surface area (Å²) in [7, 11) is 1.66. The molecule has 0 spiro atoms. The van der Waals surface area contributed by atoms with E-state index in [1.807, 2.05) is 0 Å². The van der Waals surface area contributed by atoms with E-state index in [0.717, 1.165) is 19.3 Å². The Labute approximate surface area is 97.9 Å². The average Bonchev–Trinajstić information content (AvgIpc) is 2.30. The summed E-state index contributed by atoms with van der Waals surface area (Å²) in [5, 5.41) is 3.10. The third-order valence-corrected chi connectivity index (χ3v) is 3.31. The van der Waals surface area contributed by atoms with Gasteiger partial charge in [-0.15, -0.1) is 0 Å². The van der Waals surface area contributed by atoms with Crippen molar-refractivity contribution < 1.29 is 9.53 Å². The van der Waals surface area contributed by atoms with Gasteiger partial charge in [-0.25, -0.2) is 0 Å². The maximum absolute atomic E-state index is 11.6. The van der Waals surface area contributed by atoms with Crippen LogP contribution in [0.1, 0.15) is 38.5 Å². The van der Waals surface area contributed by atoms with Crippen molar-refractivity contribution in [3.63, 3.8) is 0 Å². The Balaban J connectivity index is 2.25. The fourth-order valence-corrected chi connectivity index (χ4v) is 2.34. The van der Waals surface area contributed by atoms with Crippen LogP contribution >= 0.6 is 0 Å². The van der Waals surface area contributed by atoms with E-state index in [9.17, 15) is 4.79 Å². The van der Waals surface area contributed by atoms with Gasteiger partial charge in [0.05, 0.1) is 0 Å². The highest BCUT2D eigenvalue weighted by Crippen LogP contribution is 2.23. The molecule has 1 aliphatic carbocycles. The van der Waals surface area contributed by atoms with Crippen molar-refractivity contribution in [3.8, 4) is 0 Å². The molecule has 0 aromatic rings. The summed E-state index contributed by atoms with van der Waals surface area (Å²) < 4.78 is 4.92. The van der Waals surface area contributed by atoms with Gasteiger partial charge in [-0.2, -0.15) is 0 Å². The first kappa shape index (κ1) is 13.5. The second-order valence-electron chi connectivity index (χ2n) is 4.55. The van der Waals surface area contributed by atoms with Crippen LogP contribution in [0.3, 0.4) is 0 Å². The van der Waals surface area contributed by atoms with Crippen LogP contribution in [-0.2, 0) is 9.53 Å². The molecule has 0 aromatic heterocycles. The lowest BCUT2D eigenvalue weighted by Gasteiger charge is -2.31. The predicted molar refractivity (Wildman–Crippen MR) is 64.1 cm³/mol. The second kappa shape index (κ2) is 7.63. The van der Waals surface area contributed by atoms with E-state index in [0.29, 0.717) is 31.5 Å². The fraction of sp³-hybridized carbons (Fsp3) is 0.917. The lowest BCUT2D eigenvalue weighted by Crippen LogP contribution is -2.44. The number of methoxy groups -OCH3 is 1. The quantitative estimate of drug-likeness (QED) is 0.668. The highest BCUT2D eigenvalue weighted by Gasteiger charge is 2.24. The summed E-state index contributed by atoms with van der Waals surface area (Å²) >= 11 is 0. The monoisotopic (exact) mass is 228 g/mol. The number of hydrogen-bond donors (Lipinski definition) is 2. The Bertz CT molecular complexity index is 209. The Morgan fingerprint density at radius 2 is 2.19 bits per heavy atom. The summed E-state index contributed by atoms with van der Waals surface area (Å²) in [6.45, 7) is 1.33. The van der Waals surface area contributed by atoms with Crippen molar-refractivity contribution in [3.05, 3.63) is 0 Å². The van der Waals surface area contributed by atoms with Crippen LogP contribution in [0, 0.1) is 5.92 Å². The molecule has 4 nitrogen and oxygen atoms in total. The maximum atomic E-state index is 11.6. The van der Waals surface area contributed by atoms with Gasteiger partial charge in [-0.3, -0.25) is 4.79 Å². The molecule has 1 amide bonds. The van der Waals surface area contributed by atoms with Crippen molar-refractivity contribution in [1.82, 2.24) is 5.32 Å². The Kier molecular flexibility index (Phi) is 6.42. The van der Waals surface area contributed by atoms with E-state index in [2.05, 4.69) is 5.32 Å². The van der Waals surface area contributed by atoms with Crippen LogP contribution in [0.2, 0.25) is 0 Å². The molecule has 1 rings (SSSR count). The Hall–Kier alpha value is -0.610. The largest absolute Gasteiger partial charge is 0.385 e. The topological polar surface area (TPSA) is 64.3 Å². The number of ether oxygens (including phenoxy) is 1. The van der Waals surface area contributed by atoms with Crippen molar-refractivity contribution >= 4 is 5.91 Å². The van der Waals surface area contributed by atoms with Gasteiger partial charge < -0.3 is 15.8 Å². The van der Waals surface area contributed by atoms with Crippen LogP contribution in [0.5, 0.6) is 0 Å². The summed E-state index contributed by atoms with van der Waals surface area (Å²) in [6.07, 6.45) is 6.04. The first-order valence-electron chi connectivity index (χ1n) is 6.26. The van der Waals surface area contributed by atoms with E-state index in [4.69, 9.17) is 10.5 Å². The molecule has 2 atom stereocenters. The third-order valence-electron chi connectivity index (χ3n) is 3.31. The zero-order valence-electron chi connectivity index (χ0n) is 10.2. The average molecular weight is 228 g/mol.